The van der Waals surface area contributed by atoms with Crippen LogP contribution in [-0.2, 0) is 4.79 Å². The van der Waals surface area contributed by atoms with Crippen LogP contribution >= 0.6 is 11.6 Å². The van der Waals surface area contributed by atoms with Crippen LogP contribution in [0.25, 0.3) is 0 Å². The molecule has 0 radical (unpaired) electrons. The number of hydrazine groups is 1. The second-order valence-electron chi connectivity index (χ2n) is 5.52. The summed E-state index contributed by atoms with van der Waals surface area (Å²) in [4.78, 5) is 25.0. The first-order valence-electron chi connectivity index (χ1n) is 10.2. The number of nitriles is 1. The van der Waals surface area contributed by atoms with Crippen LogP contribution in [0.2, 0.25) is 5.02 Å². The molecule has 2 atom stereocenters. The van der Waals surface area contributed by atoms with E-state index in [-0.39, 0.29) is 10.6 Å². The molecule has 0 saturated heterocycles. The van der Waals surface area contributed by atoms with Gasteiger partial charge >= 0.3 is 0 Å². The number of carbonyl (C=O) groups excluding carboxylic acids is 2. The summed E-state index contributed by atoms with van der Waals surface area (Å²) >= 11 is 6.12. The molecular weight excluding hydrogens is 368 g/mol. The van der Waals surface area contributed by atoms with Gasteiger partial charge in [-0.2, -0.15) is 5.26 Å². The molecule has 0 heterocycles. The highest BCUT2D eigenvalue weighted by atomic mass is 35.5. The average Bonchev–Trinajstić information content (AvgIpc) is 2.75. The van der Waals surface area contributed by atoms with Crippen LogP contribution in [0.3, 0.4) is 0 Å². The number of nitrogens with one attached hydrogen (secondary N) is 3. The van der Waals surface area contributed by atoms with E-state index in [9.17, 15) is 14.7 Å². The molecule has 2 rings (SSSR count). The van der Waals surface area contributed by atoms with Gasteiger partial charge in [-0.25, -0.2) is 0 Å². The van der Waals surface area contributed by atoms with Gasteiger partial charge in [-0.1, -0.05) is 29.7 Å². The molecule has 0 aliphatic heterocycles. The standard InChI is InChI=1S/C19H19ClN4O3/c1-11-15(9-8-14(10-21)16(11)20)22-17(12(2)25)19(27)24-23-18(26)13-6-4-3-5-7-13/h3-9,12,17,22,25H,1-2H3,(H,23,26)(H,24,27)/t12-,17+/m0/s1/i3D,4D,5D,6D,7D. The Bertz CT molecular complexity index is 1110. The SMILES string of the molecule is [2H]c1c([2H])c([2H])c(C(=O)NNC(=O)[C@H](Nc2ccc(C#N)c(Cl)c2C)[C@H](C)O)c([2H])c1[2H]. The Kier molecular flexibility index (Phi) is 4.70. The van der Waals surface area contributed by atoms with Gasteiger partial charge in [0.05, 0.1) is 23.5 Å². The molecule has 0 fully saturated rings. The molecule has 7 nitrogen and oxygen atoms in total. The Hall–Kier alpha value is -3.08. The summed E-state index contributed by atoms with van der Waals surface area (Å²) in [7, 11) is 0. The van der Waals surface area contributed by atoms with E-state index >= 15 is 0 Å². The largest absolute Gasteiger partial charge is 0.391 e. The van der Waals surface area contributed by atoms with Crippen molar-refractivity contribution in [1.82, 2.24) is 10.9 Å². The highest BCUT2D eigenvalue weighted by Gasteiger charge is 2.25. The van der Waals surface area contributed by atoms with E-state index in [4.69, 9.17) is 23.7 Å². The smallest absolute Gasteiger partial charge is 0.269 e. The van der Waals surface area contributed by atoms with Crippen LogP contribution < -0.4 is 16.2 Å². The van der Waals surface area contributed by atoms with Gasteiger partial charge in [-0.15, -0.1) is 0 Å². The molecule has 140 valence electrons. The number of halogens is 1. The molecule has 0 spiro atoms. The molecule has 27 heavy (non-hydrogen) atoms. The van der Waals surface area contributed by atoms with E-state index in [1.807, 2.05) is 11.5 Å². The Balaban J connectivity index is 2.21. The predicted octanol–water partition coefficient (Wildman–Crippen LogP) is 2.14. The predicted molar refractivity (Wildman–Crippen MR) is 102 cm³/mol. The molecule has 0 aliphatic rings. The topological polar surface area (TPSA) is 114 Å². The number of aliphatic hydroxyl groups is 1. The summed E-state index contributed by atoms with van der Waals surface area (Å²) in [6.45, 7) is 2.94. The van der Waals surface area contributed by atoms with Crippen LogP contribution in [0.4, 0.5) is 5.69 Å². The number of carbonyl (C=O) groups is 2. The molecule has 8 heteroatoms. The lowest BCUT2D eigenvalue weighted by molar-refractivity contribution is -0.124. The summed E-state index contributed by atoms with van der Waals surface area (Å²) < 4.78 is 38.4. The second kappa shape index (κ2) is 9.03. The minimum atomic E-state index is -1.27. The third-order valence-corrected chi connectivity index (χ3v) is 4.10. The zero-order valence-electron chi connectivity index (χ0n) is 19.4. The Morgan fingerprint density at radius 1 is 1.26 bits per heavy atom. The first-order valence-corrected chi connectivity index (χ1v) is 8.11. The van der Waals surface area contributed by atoms with E-state index in [0.717, 1.165) is 0 Å². The van der Waals surface area contributed by atoms with Crippen molar-refractivity contribution >= 4 is 29.1 Å². The van der Waals surface area contributed by atoms with E-state index < -0.39 is 59.7 Å². The molecule has 0 bridgehead atoms. The van der Waals surface area contributed by atoms with Gasteiger partial charge in [-0.05, 0) is 43.6 Å². The van der Waals surface area contributed by atoms with Crippen molar-refractivity contribution in [3.63, 3.8) is 0 Å². The van der Waals surface area contributed by atoms with Crippen molar-refractivity contribution in [3.05, 3.63) is 64.1 Å². The maximum absolute atomic E-state index is 12.6. The minimum Gasteiger partial charge on any atom is -0.391 e. The second-order valence-corrected chi connectivity index (χ2v) is 5.90. The molecule has 2 aromatic rings. The molecule has 2 aromatic carbocycles. The molecule has 0 saturated carbocycles. The Morgan fingerprint density at radius 3 is 2.52 bits per heavy atom. The van der Waals surface area contributed by atoms with Crippen LogP contribution in [0.5, 0.6) is 0 Å². The lowest BCUT2D eigenvalue weighted by atomic mass is 10.1. The normalized spacial score (nSPS) is 15.0. The summed E-state index contributed by atoms with van der Waals surface area (Å²) in [5.41, 5.74) is 4.48. The van der Waals surface area contributed by atoms with Gasteiger partial charge in [0.25, 0.3) is 11.8 Å². The summed E-state index contributed by atoms with van der Waals surface area (Å²) in [6, 6.07) is 0.107. The molecule has 2 amide bonds. The molecule has 4 N–H and O–H groups in total. The number of aliphatic hydroxyl groups excluding tert-OH is 1. The maximum Gasteiger partial charge on any atom is 0.269 e. The lowest BCUT2D eigenvalue weighted by Gasteiger charge is -2.23. The number of rotatable bonds is 5. The van der Waals surface area contributed by atoms with Crippen molar-refractivity contribution in [2.45, 2.75) is 26.0 Å². The lowest BCUT2D eigenvalue weighted by Crippen LogP contribution is -2.52. The van der Waals surface area contributed by atoms with Gasteiger partial charge < -0.3 is 10.4 Å². The highest BCUT2D eigenvalue weighted by Crippen LogP contribution is 2.27. The van der Waals surface area contributed by atoms with Crippen molar-refractivity contribution < 1.29 is 21.5 Å². The zero-order valence-corrected chi connectivity index (χ0v) is 15.2. The van der Waals surface area contributed by atoms with Gasteiger partial charge in [0, 0.05) is 11.3 Å². The fourth-order valence-electron chi connectivity index (χ4n) is 2.12. The molecular formula is C19H19ClN4O3. The van der Waals surface area contributed by atoms with Crippen molar-refractivity contribution in [1.29, 1.82) is 5.26 Å². The van der Waals surface area contributed by atoms with Crippen LogP contribution in [-0.4, -0.2) is 29.1 Å². The number of hydrogen-bond donors (Lipinski definition) is 4. The van der Waals surface area contributed by atoms with Crippen LogP contribution in [0.15, 0.2) is 42.3 Å². The average molecular weight is 392 g/mol. The van der Waals surface area contributed by atoms with Crippen molar-refractivity contribution in [2.75, 3.05) is 5.32 Å². The number of nitrogens with zero attached hydrogens (tertiary/aromatic N) is 1. The monoisotopic (exact) mass is 391 g/mol. The van der Waals surface area contributed by atoms with Crippen LogP contribution in [0, 0.1) is 18.3 Å². The Labute approximate surface area is 169 Å². The first kappa shape index (κ1) is 14.0. The first-order chi connectivity index (χ1) is 14.9. The summed E-state index contributed by atoms with van der Waals surface area (Å²) in [5, 5.41) is 22.0. The number of anilines is 1. The van der Waals surface area contributed by atoms with E-state index in [1.165, 1.54) is 19.1 Å². The van der Waals surface area contributed by atoms with Gasteiger partial charge in [-0.3, -0.25) is 20.4 Å². The molecule has 0 unspecified atom stereocenters. The summed E-state index contributed by atoms with van der Waals surface area (Å²) in [5.74, 6) is -2.00. The van der Waals surface area contributed by atoms with Crippen molar-refractivity contribution in [2.24, 2.45) is 0 Å². The van der Waals surface area contributed by atoms with Gasteiger partial charge in [0.2, 0.25) is 0 Å². The number of hydrogen-bond acceptors (Lipinski definition) is 5. The van der Waals surface area contributed by atoms with E-state index in [1.54, 1.807) is 6.92 Å². The van der Waals surface area contributed by atoms with Gasteiger partial charge in [0.1, 0.15) is 12.1 Å². The third-order valence-electron chi connectivity index (χ3n) is 3.61. The quantitative estimate of drug-likeness (QED) is 0.583. The zero-order chi connectivity index (χ0) is 24.3. The summed E-state index contributed by atoms with van der Waals surface area (Å²) in [6.07, 6.45) is -1.23. The number of amides is 2. The van der Waals surface area contributed by atoms with Crippen LogP contribution in [0.1, 0.15) is 35.3 Å². The highest BCUT2D eigenvalue weighted by molar-refractivity contribution is 6.32. The maximum atomic E-state index is 12.6. The van der Waals surface area contributed by atoms with E-state index in [0.29, 0.717) is 11.3 Å². The Morgan fingerprint density at radius 2 is 1.93 bits per heavy atom. The fourth-order valence-corrected chi connectivity index (χ4v) is 2.33. The number of benzene rings is 2. The van der Waals surface area contributed by atoms with Crippen molar-refractivity contribution in [3.8, 4) is 6.07 Å². The minimum absolute atomic E-state index is 0.178. The third kappa shape index (κ3) is 4.97. The fraction of sp³-hybridized carbons (Fsp3) is 0.211. The molecule has 0 aromatic heterocycles. The van der Waals surface area contributed by atoms with E-state index in [2.05, 4.69) is 10.7 Å². The van der Waals surface area contributed by atoms with Gasteiger partial charge in [0.15, 0.2) is 0 Å². The molecule has 0 aliphatic carbocycles.